The van der Waals surface area contributed by atoms with E-state index in [0.717, 1.165) is 42.0 Å². The van der Waals surface area contributed by atoms with Gasteiger partial charge in [0.2, 0.25) is 0 Å². The van der Waals surface area contributed by atoms with Crippen molar-refractivity contribution in [2.45, 2.75) is 52.2 Å². The van der Waals surface area contributed by atoms with Crippen LogP contribution in [0.25, 0.3) is 6.08 Å². The number of ether oxygens (including phenoxy) is 1. The van der Waals surface area contributed by atoms with Crippen molar-refractivity contribution < 1.29 is 14.1 Å². The lowest BCUT2D eigenvalue weighted by atomic mass is 9.98. The molecule has 138 valence electrons. The minimum Gasteiger partial charge on any atom is -0.369 e. The molecule has 2 aliphatic heterocycles. The number of carbonyl (C=O) groups is 1. The number of carbonyl (C=O) groups excluding carboxylic acids is 1. The van der Waals surface area contributed by atoms with Crippen molar-refractivity contribution in [2.75, 3.05) is 13.1 Å². The first-order chi connectivity index (χ1) is 12.5. The number of nitrogens with one attached hydrogen (secondary N) is 1. The Labute approximate surface area is 152 Å². The Hall–Kier alpha value is -2.41. The largest absolute Gasteiger partial charge is 0.369 e. The molecular formula is C19H24N4O3. The second kappa shape index (κ2) is 6.72. The number of amides is 1. The molecule has 0 spiro atoms. The van der Waals surface area contributed by atoms with Crippen LogP contribution in [0.5, 0.6) is 0 Å². The van der Waals surface area contributed by atoms with Crippen LogP contribution in [0.15, 0.2) is 16.2 Å². The highest BCUT2D eigenvalue weighted by Gasteiger charge is 2.32. The first kappa shape index (κ1) is 17.0. The first-order valence-corrected chi connectivity index (χ1v) is 9.16. The number of aromatic nitrogens is 3. The number of fused-ring (bicyclic) bond motifs is 1. The molecule has 2 aromatic heterocycles. The molecule has 1 fully saturated rings. The Balaban J connectivity index is 1.45. The fraction of sp³-hybridized carbons (Fsp3) is 0.526. The van der Waals surface area contributed by atoms with Gasteiger partial charge in [0, 0.05) is 31.1 Å². The molecule has 0 saturated carbocycles. The number of piperidine rings is 1. The molecule has 0 aliphatic carbocycles. The molecule has 7 nitrogen and oxygen atoms in total. The van der Waals surface area contributed by atoms with Crippen molar-refractivity contribution in [3.8, 4) is 0 Å². The highest BCUT2D eigenvalue weighted by atomic mass is 16.5. The molecule has 4 rings (SSSR count). The van der Waals surface area contributed by atoms with E-state index in [1.165, 1.54) is 5.57 Å². The van der Waals surface area contributed by atoms with Crippen LogP contribution in [0.1, 0.15) is 66.0 Å². The fourth-order valence-corrected chi connectivity index (χ4v) is 3.80. The molecule has 1 saturated heterocycles. The molecule has 4 heterocycles. The van der Waals surface area contributed by atoms with Gasteiger partial charge in [0.15, 0.2) is 5.69 Å². The van der Waals surface area contributed by atoms with Gasteiger partial charge in [-0.3, -0.25) is 9.89 Å². The van der Waals surface area contributed by atoms with Crippen molar-refractivity contribution in [3.05, 3.63) is 40.0 Å². The molecule has 1 N–H and O–H groups in total. The summed E-state index contributed by atoms with van der Waals surface area (Å²) in [6.45, 7) is 7.30. The minimum absolute atomic E-state index is 0.0140. The highest BCUT2D eigenvalue weighted by Crippen LogP contribution is 2.31. The zero-order chi connectivity index (χ0) is 18.3. The maximum Gasteiger partial charge on any atom is 0.274 e. The Morgan fingerprint density at radius 2 is 2.12 bits per heavy atom. The van der Waals surface area contributed by atoms with Crippen LogP contribution in [0.3, 0.4) is 0 Å². The van der Waals surface area contributed by atoms with E-state index in [-0.39, 0.29) is 18.1 Å². The van der Waals surface area contributed by atoms with Gasteiger partial charge in [-0.1, -0.05) is 10.7 Å². The summed E-state index contributed by atoms with van der Waals surface area (Å²) in [6, 6.07) is 1.92. The van der Waals surface area contributed by atoms with E-state index in [1.807, 2.05) is 31.7 Å². The maximum atomic E-state index is 13.0. The van der Waals surface area contributed by atoms with E-state index in [0.29, 0.717) is 18.8 Å². The van der Waals surface area contributed by atoms with Crippen LogP contribution in [0.4, 0.5) is 0 Å². The van der Waals surface area contributed by atoms with Gasteiger partial charge in [-0.25, -0.2) is 0 Å². The van der Waals surface area contributed by atoms with Crippen molar-refractivity contribution >= 4 is 12.0 Å². The van der Waals surface area contributed by atoms with Gasteiger partial charge in [0.25, 0.3) is 5.91 Å². The van der Waals surface area contributed by atoms with E-state index in [4.69, 9.17) is 9.26 Å². The van der Waals surface area contributed by atoms with Crippen LogP contribution in [0.2, 0.25) is 0 Å². The van der Waals surface area contributed by atoms with Crippen LogP contribution in [-0.2, 0) is 11.2 Å². The Kier molecular flexibility index (Phi) is 4.40. The Morgan fingerprint density at radius 1 is 1.35 bits per heavy atom. The van der Waals surface area contributed by atoms with Crippen molar-refractivity contribution in [1.29, 1.82) is 0 Å². The summed E-state index contributed by atoms with van der Waals surface area (Å²) in [6.07, 6.45) is 4.53. The number of likely N-dealkylation sites (tertiary alicyclic amines) is 1. The van der Waals surface area contributed by atoms with E-state index in [2.05, 4.69) is 21.4 Å². The second-order valence-electron chi connectivity index (χ2n) is 7.21. The van der Waals surface area contributed by atoms with Crippen LogP contribution in [-0.4, -0.2) is 45.4 Å². The highest BCUT2D eigenvalue weighted by molar-refractivity contribution is 5.94. The number of rotatable bonds is 2. The molecular weight excluding hydrogens is 332 g/mol. The molecule has 2 aromatic rings. The van der Waals surface area contributed by atoms with E-state index < -0.39 is 0 Å². The molecule has 7 heteroatoms. The van der Waals surface area contributed by atoms with Gasteiger partial charge in [-0.05, 0) is 39.7 Å². The lowest BCUT2D eigenvalue weighted by Crippen LogP contribution is -2.37. The normalized spacial score (nSPS) is 23.0. The summed E-state index contributed by atoms with van der Waals surface area (Å²) < 4.78 is 10.9. The average molecular weight is 356 g/mol. The predicted molar refractivity (Wildman–Crippen MR) is 95.6 cm³/mol. The molecule has 2 atom stereocenters. The van der Waals surface area contributed by atoms with Gasteiger partial charge >= 0.3 is 0 Å². The summed E-state index contributed by atoms with van der Waals surface area (Å²) >= 11 is 0. The van der Waals surface area contributed by atoms with Crippen molar-refractivity contribution in [3.63, 3.8) is 0 Å². The third kappa shape index (κ3) is 3.19. The predicted octanol–water partition coefficient (Wildman–Crippen LogP) is 3.05. The van der Waals surface area contributed by atoms with Gasteiger partial charge in [0.05, 0.1) is 17.9 Å². The summed E-state index contributed by atoms with van der Waals surface area (Å²) in [7, 11) is 0. The Bertz CT molecular complexity index is 841. The fourth-order valence-electron chi connectivity index (χ4n) is 3.80. The SMILES string of the molecule is Cc1cc(C=C2CCN(C(=O)c3n[nH]c4c3C[C@@H](C)O[C@H]4C)CC2)no1. The average Bonchev–Trinajstić information content (AvgIpc) is 3.21. The van der Waals surface area contributed by atoms with Crippen LogP contribution in [0, 0.1) is 6.92 Å². The molecule has 0 radical (unpaired) electrons. The van der Waals surface area contributed by atoms with Gasteiger partial charge in [-0.2, -0.15) is 5.10 Å². The van der Waals surface area contributed by atoms with Crippen LogP contribution >= 0.6 is 0 Å². The van der Waals surface area contributed by atoms with Crippen molar-refractivity contribution in [1.82, 2.24) is 20.3 Å². The molecule has 0 aromatic carbocycles. The lowest BCUT2D eigenvalue weighted by Gasteiger charge is -2.29. The molecule has 0 bridgehead atoms. The number of hydrogen-bond acceptors (Lipinski definition) is 5. The zero-order valence-electron chi connectivity index (χ0n) is 15.4. The van der Waals surface area contributed by atoms with E-state index >= 15 is 0 Å². The molecule has 2 aliphatic rings. The minimum atomic E-state index is -0.0513. The summed E-state index contributed by atoms with van der Waals surface area (Å²) in [5, 5.41) is 11.3. The van der Waals surface area contributed by atoms with Crippen LogP contribution < -0.4 is 0 Å². The number of H-pyrrole nitrogens is 1. The van der Waals surface area contributed by atoms with Gasteiger partial charge < -0.3 is 14.2 Å². The maximum absolute atomic E-state index is 13.0. The van der Waals surface area contributed by atoms with Crippen molar-refractivity contribution in [2.24, 2.45) is 0 Å². The molecule has 1 amide bonds. The standard InChI is InChI=1S/C19H24N4O3/c1-11-9-16-17(13(3)25-11)20-21-18(16)19(24)23-6-4-14(5-7-23)10-15-8-12(2)26-22-15/h8,10-11,13H,4-7,9H2,1-3H3,(H,20,21)/t11-,13+/m1/s1. The number of aryl methyl sites for hydroxylation is 1. The quantitative estimate of drug-likeness (QED) is 0.894. The monoisotopic (exact) mass is 356 g/mol. The number of nitrogens with zero attached hydrogens (tertiary/aromatic N) is 3. The number of hydrogen-bond donors (Lipinski definition) is 1. The summed E-state index contributed by atoms with van der Waals surface area (Å²) in [4.78, 5) is 14.9. The zero-order valence-corrected chi connectivity index (χ0v) is 15.4. The summed E-state index contributed by atoms with van der Waals surface area (Å²) in [5.41, 5.74) is 4.65. The third-order valence-electron chi connectivity index (χ3n) is 5.13. The molecule has 0 unspecified atom stereocenters. The molecule has 26 heavy (non-hydrogen) atoms. The smallest absolute Gasteiger partial charge is 0.274 e. The second-order valence-corrected chi connectivity index (χ2v) is 7.21. The van der Waals surface area contributed by atoms with E-state index in [9.17, 15) is 4.79 Å². The Morgan fingerprint density at radius 3 is 2.81 bits per heavy atom. The number of aromatic amines is 1. The van der Waals surface area contributed by atoms with E-state index in [1.54, 1.807) is 0 Å². The topological polar surface area (TPSA) is 84.2 Å². The third-order valence-corrected chi connectivity index (χ3v) is 5.13. The lowest BCUT2D eigenvalue weighted by molar-refractivity contribution is -0.00702. The summed E-state index contributed by atoms with van der Waals surface area (Å²) in [5.74, 6) is 0.820. The first-order valence-electron chi connectivity index (χ1n) is 9.16. The van der Waals surface area contributed by atoms with Gasteiger partial charge in [0.1, 0.15) is 11.5 Å². The van der Waals surface area contributed by atoms with Gasteiger partial charge in [-0.15, -0.1) is 0 Å².